The first-order valence-corrected chi connectivity index (χ1v) is 5.49. The van der Waals surface area contributed by atoms with E-state index in [1.807, 2.05) is 0 Å². The highest BCUT2D eigenvalue weighted by Crippen LogP contribution is 2.48. The van der Waals surface area contributed by atoms with Crippen molar-refractivity contribution in [2.45, 2.75) is 50.6 Å². The minimum atomic E-state index is -5.87. The summed E-state index contributed by atoms with van der Waals surface area (Å²) in [4.78, 5) is 0. The average Bonchev–Trinajstić information content (AvgIpc) is 2.20. The Morgan fingerprint density at radius 2 is 1.39 bits per heavy atom. The van der Waals surface area contributed by atoms with Gasteiger partial charge in [0.2, 0.25) is 0 Å². The highest BCUT2D eigenvalue weighted by atomic mass is 19.4. The number of alkyl halides is 6. The van der Waals surface area contributed by atoms with Crippen molar-refractivity contribution in [2.24, 2.45) is 5.92 Å². The molecule has 0 fully saturated rings. The number of halogens is 6. The average molecular weight is 282 g/mol. The second-order valence-electron chi connectivity index (χ2n) is 4.14. The highest BCUT2D eigenvalue weighted by molar-refractivity contribution is 4.99. The van der Waals surface area contributed by atoms with Gasteiger partial charge in [0.15, 0.2) is 0 Å². The number of unbranched alkanes of at least 4 members (excludes halogenated alkanes) is 2. The lowest BCUT2D eigenvalue weighted by molar-refractivity contribution is -0.387. The van der Waals surface area contributed by atoms with Gasteiger partial charge in [0.05, 0.1) is 0 Å². The summed E-state index contributed by atoms with van der Waals surface area (Å²) >= 11 is 0. The van der Waals surface area contributed by atoms with E-state index in [0.717, 1.165) is 0 Å². The summed E-state index contributed by atoms with van der Waals surface area (Å²) in [6.07, 6.45) is -11.2. The van der Waals surface area contributed by atoms with Crippen LogP contribution in [0.5, 0.6) is 0 Å². The molecule has 0 aliphatic heterocycles. The maximum atomic E-state index is 12.5. The van der Waals surface area contributed by atoms with Crippen LogP contribution in [0.2, 0.25) is 0 Å². The molecule has 0 saturated carbocycles. The monoisotopic (exact) mass is 282 g/mol. The molecule has 2 nitrogen and oxygen atoms in total. The Balaban J connectivity index is 5.17. The second kappa shape index (κ2) is 6.10. The fourth-order valence-electron chi connectivity index (χ4n) is 1.70. The van der Waals surface area contributed by atoms with Gasteiger partial charge in [-0.2, -0.15) is 26.3 Å². The molecule has 0 aromatic heterocycles. The molecule has 18 heavy (non-hydrogen) atoms. The number of hydrogen-bond acceptors (Lipinski definition) is 2. The smallest absolute Gasteiger partial charge is 0.396 e. The van der Waals surface area contributed by atoms with Crippen molar-refractivity contribution in [2.75, 3.05) is 6.61 Å². The van der Waals surface area contributed by atoms with E-state index < -0.39 is 36.9 Å². The van der Waals surface area contributed by atoms with E-state index in [1.165, 1.54) is 0 Å². The minimum Gasteiger partial charge on any atom is -0.396 e. The third kappa shape index (κ3) is 3.50. The Morgan fingerprint density at radius 3 is 1.67 bits per heavy atom. The molecule has 0 saturated heterocycles. The van der Waals surface area contributed by atoms with Crippen molar-refractivity contribution < 1.29 is 36.6 Å². The topological polar surface area (TPSA) is 40.5 Å². The van der Waals surface area contributed by atoms with E-state index in [1.54, 1.807) is 6.92 Å². The molecule has 0 amide bonds. The van der Waals surface area contributed by atoms with Crippen molar-refractivity contribution in [3.63, 3.8) is 0 Å². The van der Waals surface area contributed by atoms with Crippen LogP contribution in [0.15, 0.2) is 0 Å². The molecular formula is C10H16F6O2. The summed E-state index contributed by atoms with van der Waals surface area (Å²) in [7, 11) is 0. The maximum absolute atomic E-state index is 12.5. The van der Waals surface area contributed by atoms with E-state index in [4.69, 9.17) is 10.2 Å². The van der Waals surface area contributed by atoms with Gasteiger partial charge in [0.1, 0.15) is 0 Å². The normalized spacial score (nSPS) is 15.8. The molecular weight excluding hydrogens is 266 g/mol. The molecule has 0 aromatic carbocycles. The maximum Gasteiger partial charge on any atom is 0.426 e. The van der Waals surface area contributed by atoms with E-state index in [9.17, 15) is 26.3 Å². The van der Waals surface area contributed by atoms with E-state index >= 15 is 0 Å². The van der Waals surface area contributed by atoms with Crippen molar-refractivity contribution in [1.82, 2.24) is 0 Å². The lowest BCUT2D eigenvalue weighted by atomic mass is 9.82. The Morgan fingerprint density at radius 1 is 0.944 bits per heavy atom. The minimum absolute atomic E-state index is 0.0796. The first-order valence-electron chi connectivity index (χ1n) is 5.49. The zero-order valence-electron chi connectivity index (χ0n) is 9.78. The molecule has 1 atom stereocenters. The summed E-state index contributed by atoms with van der Waals surface area (Å²) in [5.74, 6) is -2.30. The third-order valence-corrected chi connectivity index (χ3v) is 2.83. The molecule has 0 heterocycles. The fraction of sp³-hybridized carbons (Fsp3) is 1.00. The van der Waals surface area contributed by atoms with Gasteiger partial charge in [-0.05, 0) is 6.42 Å². The molecule has 0 aliphatic carbocycles. The molecule has 0 radical (unpaired) electrons. The van der Waals surface area contributed by atoms with Gasteiger partial charge in [-0.25, -0.2) is 0 Å². The number of aliphatic hydroxyl groups is 2. The van der Waals surface area contributed by atoms with Gasteiger partial charge in [0, 0.05) is 12.5 Å². The van der Waals surface area contributed by atoms with Crippen LogP contribution in [0.3, 0.4) is 0 Å². The molecule has 0 rings (SSSR count). The van der Waals surface area contributed by atoms with Gasteiger partial charge in [-0.3, -0.25) is 0 Å². The Bertz CT molecular complexity index is 234. The second-order valence-corrected chi connectivity index (χ2v) is 4.14. The zero-order valence-corrected chi connectivity index (χ0v) is 9.78. The standard InChI is InChI=1S/C10H16F6O2/c1-2-3-4-5-7(6-17)8(18,9(11,12)13)10(14,15)16/h7,17-18H,2-6H2,1H3/t7-/m1/s1. The number of aliphatic hydroxyl groups excluding tert-OH is 1. The molecule has 0 bridgehead atoms. The van der Waals surface area contributed by atoms with Crippen LogP contribution in [0.4, 0.5) is 26.3 Å². The predicted molar refractivity (Wildman–Crippen MR) is 51.8 cm³/mol. The first-order chi connectivity index (χ1) is 8.02. The molecule has 2 N–H and O–H groups in total. The van der Waals surface area contributed by atoms with Crippen LogP contribution in [-0.4, -0.2) is 34.8 Å². The van der Waals surface area contributed by atoms with Crippen molar-refractivity contribution in [1.29, 1.82) is 0 Å². The molecule has 8 heteroatoms. The van der Waals surface area contributed by atoms with Crippen LogP contribution in [-0.2, 0) is 0 Å². The highest BCUT2D eigenvalue weighted by Gasteiger charge is 2.73. The van der Waals surface area contributed by atoms with Crippen LogP contribution in [0, 0.1) is 5.92 Å². The Hall–Kier alpha value is -0.500. The van der Waals surface area contributed by atoms with E-state index in [0.29, 0.717) is 12.8 Å². The van der Waals surface area contributed by atoms with Gasteiger partial charge >= 0.3 is 12.4 Å². The number of hydrogen-bond donors (Lipinski definition) is 2. The van der Waals surface area contributed by atoms with E-state index in [2.05, 4.69) is 0 Å². The Labute approximate surface area is 101 Å². The van der Waals surface area contributed by atoms with Gasteiger partial charge in [-0.15, -0.1) is 0 Å². The largest absolute Gasteiger partial charge is 0.426 e. The molecule has 0 unspecified atom stereocenters. The summed E-state index contributed by atoms with van der Waals surface area (Å²) in [6.45, 7) is 0.354. The SMILES string of the molecule is CCCCC[C@H](CO)C(O)(C(F)(F)F)C(F)(F)F. The number of rotatable bonds is 6. The summed E-state index contributed by atoms with van der Waals surface area (Å²) < 4.78 is 74.8. The van der Waals surface area contributed by atoms with Crippen molar-refractivity contribution in [3.8, 4) is 0 Å². The van der Waals surface area contributed by atoms with Crippen LogP contribution in [0.25, 0.3) is 0 Å². The van der Waals surface area contributed by atoms with Gasteiger partial charge in [-0.1, -0.05) is 26.2 Å². The Kier molecular flexibility index (Phi) is 5.93. The van der Waals surface area contributed by atoms with Gasteiger partial charge in [0.25, 0.3) is 5.60 Å². The third-order valence-electron chi connectivity index (χ3n) is 2.83. The summed E-state index contributed by atoms with van der Waals surface area (Å²) in [6, 6.07) is 0. The van der Waals surface area contributed by atoms with Gasteiger partial charge < -0.3 is 10.2 Å². The first kappa shape index (κ1) is 17.5. The van der Waals surface area contributed by atoms with Crippen LogP contribution >= 0.6 is 0 Å². The molecule has 110 valence electrons. The fourth-order valence-corrected chi connectivity index (χ4v) is 1.70. The zero-order chi connectivity index (χ0) is 14.6. The van der Waals surface area contributed by atoms with Crippen LogP contribution < -0.4 is 0 Å². The lowest BCUT2D eigenvalue weighted by Crippen LogP contribution is -2.62. The van der Waals surface area contributed by atoms with Crippen molar-refractivity contribution in [3.05, 3.63) is 0 Å². The predicted octanol–water partition coefficient (Wildman–Crippen LogP) is 3.03. The molecule has 0 aliphatic rings. The van der Waals surface area contributed by atoms with E-state index in [-0.39, 0.29) is 6.42 Å². The summed E-state index contributed by atoms with van der Waals surface area (Å²) in [5.41, 5.74) is -4.86. The molecule has 0 aromatic rings. The quantitative estimate of drug-likeness (QED) is 0.580. The summed E-state index contributed by atoms with van der Waals surface area (Å²) in [5, 5.41) is 17.8. The lowest BCUT2D eigenvalue weighted by Gasteiger charge is -2.38. The van der Waals surface area contributed by atoms with Crippen molar-refractivity contribution >= 4 is 0 Å². The van der Waals surface area contributed by atoms with Crippen LogP contribution in [0.1, 0.15) is 32.6 Å². The molecule has 0 spiro atoms.